The van der Waals surface area contributed by atoms with Gasteiger partial charge in [-0.2, -0.15) is 0 Å². The molecule has 2 aromatic heterocycles. The van der Waals surface area contributed by atoms with Crippen LogP contribution in [0.2, 0.25) is 0 Å². The Bertz CT molecular complexity index is 459. The second-order valence-electron chi connectivity index (χ2n) is 4.04. The highest BCUT2D eigenvalue weighted by Crippen LogP contribution is 2.27. The van der Waals surface area contributed by atoms with Crippen molar-refractivity contribution in [2.45, 2.75) is 26.8 Å². The molecule has 0 amide bonds. The minimum atomic E-state index is 0.378. The molecule has 0 radical (unpaired) electrons. The van der Waals surface area contributed by atoms with Crippen molar-refractivity contribution in [2.24, 2.45) is 0 Å². The zero-order chi connectivity index (χ0) is 11.5. The maximum absolute atomic E-state index is 4.23. The van der Waals surface area contributed by atoms with Gasteiger partial charge < -0.3 is 5.32 Å². The van der Waals surface area contributed by atoms with Gasteiger partial charge in [-0.3, -0.25) is 0 Å². The summed E-state index contributed by atoms with van der Waals surface area (Å²) in [6, 6.07) is 6.46. The number of thiophene rings is 1. The average molecular weight is 233 g/mol. The fourth-order valence-corrected chi connectivity index (χ4v) is 2.35. The summed E-state index contributed by atoms with van der Waals surface area (Å²) >= 11 is 1.70. The van der Waals surface area contributed by atoms with E-state index in [0.29, 0.717) is 6.04 Å². The SMILES string of the molecule is Cc1ccsc1-c1ccc(NC(C)C)nn1. The van der Waals surface area contributed by atoms with E-state index in [2.05, 4.69) is 47.7 Å². The summed E-state index contributed by atoms with van der Waals surface area (Å²) < 4.78 is 0. The molecule has 0 bridgehead atoms. The lowest BCUT2D eigenvalue weighted by Crippen LogP contribution is -2.11. The van der Waals surface area contributed by atoms with E-state index in [1.807, 2.05) is 12.1 Å². The van der Waals surface area contributed by atoms with Gasteiger partial charge in [0.1, 0.15) is 11.5 Å². The first-order chi connectivity index (χ1) is 7.66. The lowest BCUT2D eigenvalue weighted by molar-refractivity contribution is 0.875. The molecule has 0 saturated carbocycles. The van der Waals surface area contributed by atoms with E-state index < -0.39 is 0 Å². The molecule has 0 aliphatic carbocycles. The van der Waals surface area contributed by atoms with Crippen LogP contribution in [0.3, 0.4) is 0 Å². The number of nitrogens with zero attached hydrogens (tertiary/aromatic N) is 2. The second kappa shape index (κ2) is 4.61. The molecule has 16 heavy (non-hydrogen) atoms. The number of hydrogen-bond acceptors (Lipinski definition) is 4. The van der Waals surface area contributed by atoms with Gasteiger partial charge in [0, 0.05) is 6.04 Å². The Hall–Kier alpha value is -1.42. The third-order valence-electron chi connectivity index (χ3n) is 2.20. The Balaban J connectivity index is 2.23. The van der Waals surface area contributed by atoms with Crippen LogP contribution in [0.25, 0.3) is 10.6 Å². The predicted molar refractivity (Wildman–Crippen MR) is 68.8 cm³/mol. The molecule has 1 N–H and O–H groups in total. The number of aryl methyl sites for hydroxylation is 1. The smallest absolute Gasteiger partial charge is 0.148 e. The van der Waals surface area contributed by atoms with Crippen molar-refractivity contribution in [2.75, 3.05) is 5.32 Å². The maximum atomic E-state index is 4.23. The van der Waals surface area contributed by atoms with E-state index in [0.717, 1.165) is 11.5 Å². The topological polar surface area (TPSA) is 37.8 Å². The molecule has 0 aromatic carbocycles. The van der Waals surface area contributed by atoms with Crippen LogP contribution in [0.4, 0.5) is 5.82 Å². The van der Waals surface area contributed by atoms with Gasteiger partial charge in [0.2, 0.25) is 0 Å². The number of hydrogen-bond donors (Lipinski definition) is 1. The van der Waals surface area contributed by atoms with Crippen LogP contribution in [0, 0.1) is 6.92 Å². The van der Waals surface area contributed by atoms with Crippen LogP contribution in [-0.2, 0) is 0 Å². The highest BCUT2D eigenvalue weighted by atomic mass is 32.1. The molecular formula is C12H15N3S. The van der Waals surface area contributed by atoms with Crippen molar-refractivity contribution in [3.8, 4) is 10.6 Å². The molecule has 4 heteroatoms. The maximum Gasteiger partial charge on any atom is 0.148 e. The summed E-state index contributed by atoms with van der Waals surface area (Å²) in [6.07, 6.45) is 0. The van der Waals surface area contributed by atoms with E-state index in [1.165, 1.54) is 10.4 Å². The van der Waals surface area contributed by atoms with Crippen LogP contribution in [0.15, 0.2) is 23.6 Å². The van der Waals surface area contributed by atoms with Gasteiger partial charge in [-0.15, -0.1) is 21.5 Å². The van der Waals surface area contributed by atoms with Crippen molar-refractivity contribution < 1.29 is 0 Å². The molecule has 0 saturated heterocycles. The molecular weight excluding hydrogens is 218 g/mol. The molecule has 0 atom stereocenters. The van der Waals surface area contributed by atoms with Gasteiger partial charge in [0.25, 0.3) is 0 Å². The van der Waals surface area contributed by atoms with E-state index in [4.69, 9.17) is 0 Å². The highest BCUT2D eigenvalue weighted by Gasteiger charge is 2.05. The Kier molecular flexibility index (Phi) is 3.19. The van der Waals surface area contributed by atoms with E-state index >= 15 is 0 Å². The van der Waals surface area contributed by atoms with Crippen LogP contribution < -0.4 is 5.32 Å². The molecule has 0 unspecified atom stereocenters. The molecule has 84 valence electrons. The summed E-state index contributed by atoms with van der Waals surface area (Å²) in [7, 11) is 0. The third kappa shape index (κ3) is 2.39. The summed E-state index contributed by atoms with van der Waals surface area (Å²) in [5.41, 5.74) is 2.20. The van der Waals surface area contributed by atoms with Gasteiger partial charge in [0.05, 0.1) is 4.88 Å². The number of anilines is 1. The molecule has 2 aromatic rings. The zero-order valence-electron chi connectivity index (χ0n) is 9.69. The van der Waals surface area contributed by atoms with E-state index in [-0.39, 0.29) is 0 Å². The number of rotatable bonds is 3. The summed E-state index contributed by atoms with van der Waals surface area (Å²) in [4.78, 5) is 1.20. The first-order valence-corrected chi connectivity index (χ1v) is 6.19. The summed E-state index contributed by atoms with van der Waals surface area (Å²) in [6.45, 7) is 6.26. The average Bonchev–Trinajstić information content (AvgIpc) is 2.65. The standard InChI is InChI=1S/C12H15N3S/c1-8(2)13-11-5-4-10(14-15-11)12-9(3)6-7-16-12/h4-8H,1-3H3,(H,13,15). The molecule has 2 heterocycles. The summed E-state index contributed by atoms with van der Waals surface area (Å²) in [5, 5.41) is 13.7. The number of aromatic nitrogens is 2. The van der Waals surface area contributed by atoms with Crippen molar-refractivity contribution in [1.82, 2.24) is 10.2 Å². The Labute approximate surface area is 99.5 Å². The Morgan fingerprint density at radius 3 is 2.50 bits per heavy atom. The largest absolute Gasteiger partial charge is 0.366 e. The fraction of sp³-hybridized carbons (Fsp3) is 0.333. The van der Waals surface area contributed by atoms with Crippen molar-refractivity contribution >= 4 is 17.2 Å². The van der Waals surface area contributed by atoms with Gasteiger partial charge in [-0.05, 0) is 49.9 Å². The van der Waals surface area contributed by atoms with Crippen LogP contribution in [0.1, 0.15) is 19.4 Å². The van der Waals surface area contributed by atoms with Gasteiger partial charge in [-0.25, -0.2) is 0 Å². The molecule has 0 spiro atoms. The Morgan fingerprint density at radius 1 is 1.19 bits per heavy atom. The molecule has 0 aliphatic rings. The van der Waals surface area contributed by atoms with Crippen molar-refractivity contribution in [1.29, 1.82) is 0 Å². The first-order valence-electron chi connectivity index (χ1n) is 5.31. The Morgan fingerprint density at radius 2 is 2.00 bits per heavy atom. The molecule has 0 aliphatic heterocycles. The lowest BCUT2D eigenvalue weighted by atomic mass is 10.2. The van der Waals surface area contributed by atoms with Crippen LogP contribution in [-0.4, -0.2) is 16.2 Å². The predicted octanol–water partition coefficient (Wildman–Crippen LogP) is 3.33. The molecule has 2 rings (SSSR count). The lowest BCUT2D eigenvalue weighted by Gasteiger charge is -2.08. The molecule has 0 fully saturated rings. The van der Waals surface area contributed by atoms with Gasteiger partial charge >= 0.3 is 0 Å². The van der Waals surface area contributed by atoms with Crippen LogP contribution >= 0.6 is 11.3 Å². The first kappa shape index (κ1) is 11.1. The molecule has 3 nitrogen and oxygen atoms in total. The highest BCUT2D eigenvalue weighted by molar-refractivity contribution is 7.13. The van der Waals surface area contributed by atoms with Crippen molar-refractivity contribution in [3.63, 3.8) is 0 Å². The van der Waals surface area contributed by atoms with E-state index in [1.54, 1.807) is 11.3 Å². The second-order valence-corrected chi connectivity index (χ2v) is 4.95. The minimum absolute atomic E-state index is 0.378. The monoisotopic (exact) mass is 233 g/mol. The van der Waals surface area contributed by atoms with E-state index in [9.17, 15) is 0 Å². The van der Waals surface area contributed by atoms with Gasteiger partial charge in [0.15, 0.2) is 0 Å². The quantitative estimate of drug-likeness (QED) is 0.883. The third-order valence-corrected chi connectivity index (χ3v) is 3.23. The fourth-order valence-electron chi connectivity index (χ4n) is 1.46. The minimum Gasteiger partial charge on any atom is -0.366 e. The van der Waals surface area contributed by atoms with Gasteiger partial charge in [-0.1, -0.05) is 0 Å². The zero-order valence-corrected chi connectivity index (χ0v) is 10.5. The number of nitrogens with one attached hydrogen (secondary N) is 1. The van der Waals surface area contributed by atoms with Crippen molar-refractivity contribution in [3.05, 3.63) is 29.1 Å². The summed E-state index contributed by atoms with van der Waals surface area (Å²) in [5.74, 6) is 0.827. The van der Waals surface area contributed by atoms with Crippen LogP contribution in [0.5, 0.6) is 0 Å². The normalized spacial score (nSPS) is 10.8.